The number of nitrogens with zero attached hydrogens (tertiary/aromatic N) is 1. The Morgan fingerprint density at radius 2 is 1.02 bits per heavy atom. The van der Waals surface area contributed by atoms with Gasteiger partial charge in [-0.1, -0.05) is 147 Å². The summed E-state index contributed by atoms with van der Waals surface area (Å²) >= 11 is 0. The minimum Gasteiger partial charge on any atom is -0.455 e. The number of hydrogen-bond acceptors (Lipinski definition) is 1. The number of aromatic nitrogens is 1. The molecule has 0 bridgehead atoms. The second kappa shape index (κ2) is 11.2. The summed E-state index contributed by atoms with van der Waals surface area (Å²) in [6, 6.07) is 64.1. The van der Waals surface area contributed by atoms with Crippen molar-refractivity contribution in [3.8, 4) is 50.2 Å². The molecular formula is C51H35NO. The molecule has 53 heavy (non-hydrogen) atoms. The van der Waals surface area contributed by atoms with Crippen LogP contribution in [0.1, 0.15) is 25.0 Å². The van der Waals surface area contributed by atoms with Gasteiger partial charge in [0.1, 0.15) is 11.2 Å². The molecule has 0 atom stereocenters. The van der Waals surface area contributed by atoms with Gasteiger partial charge >= 0.3 is 0 Å². The topological polar surface area (TPSA) is 18.1 Å². The largest absolute Gasteiger partial charge is 0.455 e. The first-order valence-corrected chi connectivity index (χ1v) is 18.4. The third-order valence-corrected chi connectivity index (χ3v) is 11.6. The van der Waals surface area contributed by atoms with E-state index < -0.39 is 0 Å². The summed E-state index contributed by atoms with van der Waals surface area (Å²) in [7, 11) is 0. The quantitative estimate of drug-likeness (QED) is 0.181. The summed E-state index contributed by atoms with van der Waals surface area (Å²) < 4.78 is 8.97. The van der Waals surface area contributed by atoms with Gasteiger partial charge in [-0.3, -0.25) is 0 Å². The van der Waals surface area contributed by atoms with Gasteiger partial charge in [-0.2, -0.15) is 0 Å². The zero-order valence-electron chi connectivity index (χ0n) is 29.6. The van der Waals surface area contributed by atoms with Crippen LogP contribution in [0.3, 0.4) is 0 Å². The van der Waals surface area contributed by atoms with E-state index in [9.17, 15) is 0 Å². The number of fused-ring (bicyclic) bond motifs is 10. The first kappa shape index (κ1) is 30.0. The van der Waals surface area contributed by atoms with Crippen molar-refractivity contribution in [2.75, 3.05) is 0 Å². The summed E-state index contributed by atoms with van der Waals surface area (Å²) in [6.07, 6.45) is 0. The van der Waals surface area contributed by atoms with E-state index in [1.54, 1.807) is 0 Å². The zero-order valence-corrected chi connectivity index (χ0v) is 29.6. The van der Waals surface area contributed by atoms with Crippen molar-refractivity contribution in [2.24, 2.45) is 0 Å². The molecule has 0 aliphatic heterocycles. The van der Waals surface area contributed by atoms with E-state index in [0.29, 0.717) is 0 Å². The molecule has 0 saturated heterocycles. The lowest BCUT2D eigenvalue weighted by Crippen LogP contribution is -2.14. The number of rotatable bonds is 4. The minimum absolute atomic E-state index is 0.160. The molecule has 0 N–H and O–H groups in total. The lowest BCUT2D eigenvalue weighted by atomic mass is 9.81. The Kier molecular flexibility index (Phi) is 6.33. The van der Waals surface area contributed by atoms with Gasteiger partial charge in [-0.25, -0.2) is 0 Å². The molecule has 10 aromatic rings. The van der Waals surface area contributed by atoms with E-state index in [2.05, 4.69) is 188 Å². The van der Waals surface area contributed by atoms with Gasteiger partial charge in [-0.15, -0.1) is 0 Å². The van der Waals surface area contributed by atoms with Crippen molar-refractivity contribution in [1.29, 1.82) is 0 Å². The smallest absolute Gasteiger partial charge is 0.143 e. The molecule has 2 aromatic heterocycles. The van der Waals surface area contributed by atoms with Crippen LogP contribution in [0.4, 0.5) is 0 Å². The molecule has 0 amide bonds. The number of benzene rings is 8. The fraction of sp³-hybridized carbons (Fsp3) is 0.0588. The predicted octanol–water partition coefficient (Wildman–Crippen LogP) is 14.0. The molecule has 0 spiro atoms. The standard InChI is InChI=1S/C51H35NO/c1-51(2)44-27-26-41-40-15-9-10-16-48(40)53-50(41)49(44)42-25-22-36(30-45(42)51)37-21-24-39-43-29-35(34-19-17-33(18-20-34)32-11-5-3-6-12-32)23-28-46(43)52(47(39)31-37)38-13-7-4-8-14-38/h3-31H,1-2H3. The van der Waals surface area contributed by atoms with Crippen molar-refractivity contribution in [3.63, 3.8) is 0 Å². The van der Waals surface area contributed by atoms with Crippen LogP contribution < -0.4 is 0 Å². The van der Waals surface area contributed by atoms with E-state index in [1.807, 2.05) is 6.07 Å². The van der Waals surface area contributed by atoms with Crippen LogP contribution in [-0.4, -0.2) is 4.57 Å². The molecule has 250 valence electrons. The van der Waals surface area contributed by atoms with Gasteiger partial charge in [0.05, 0.1) is 11.0 Å². The van der Waals surface area contributed by atoms with E-state index >= 15 is 0 Å². The molecule has 0 saturated carbocycles. The first-order chi connectivity index (χ1) is 26.0. The Balaban J connectivity index is 1.05. The zero-order chi connectivity index (χ0) is 35.3. The Hall–Kier alpha value is -6.64. The fourth-order valence-electron chi connectivity index (χ4n) is 8.90. The highest BCUT2D eigenvalue weighted by molar-refractivity contribution is 6.13. The van der Waals surface area contributed by atoms with E-state index in [-0.39, 0.29) is 5.41 Å². The van der Waals surface area contributed by atoms with Crippen LogP contribution in [-0.2, 0) is 5.41 Å². The number of para-hydroxylation sites is 2. The van der Waals surface area contributed by atoms with Gasteiger partial charge in [-0.05, 0) is 92.5 Å². The summed E-state index contributed by atoms with van der Waals surface area (Å²) in [4.78, 5) is 0. The van der Waals surface area contributed by atoms with E-state index in [0.717, 1.165) is 16.9 Å². The Morgan fingerprint density at radius 3 is 1.83 bits per heavy atom. The van der Waals surface area contributed by atoms with Gasteiger partial charge in [0.15, 0.2) is 0 Å². The van der Waals surface area contributed by atoms with E-state index in [1.165, 1.54) is 88.2 Å². The first-order valence-electron chi connectivity index (χ1n) is 18.4. The third kappa shape index (κ3) is 4.45. The van der Waals surface area contributed by atoms with Crippen molar-refractivity contribution >= 4 is 43.7 Å². The molecule has 1 aliphatic carbocycles. The Morgan fingerprint density at radius 1 is 0.415 bits per heavy atom. The number of hydrogen-bond donors (Lipinski definition) is 0. The van der Waals surface area contributed by atoms with Crippen LogP contribution in [0, 0.1) is 0 Å². The maximum Gasteiger partial charge on any atom is 0.143 e. The second-order valence-electron chi connectivity index (χ2n) is 14.9. The molecule has 2 heteroatoms. The summed E-state index contributed by atoms with van der Waals surface area (Å²) in [5.41, 5.74) is 17.8. The molecular weight excluding hydrogens is 643 g/mol. The molecule has 0 fully saturated rings. The highest BCUT2D eigenvalue weighted by Gasteiger charge is 2.38. The molecule has 8 aromatic carbocycles. The average Bonchev–Trinajstić information content (AvgIpc) is 3.83. The fourth-order valence-corrected chi connectivity index (χ4v) is 8.90. The van der Waals surface area contributed by atoms with Gasteiger partial charge in [0, 0.05) is 38.2 Å². The average molecular weight is 678 g/mol. The van der Waals surface area contributed by atoms with Crippen molar-refractivity contribution in [2.45, 2.75) is 19.3 Å². The van der Waals surface area contributed by atoms with Crippen molar-refractivity contribution in [1.82, 2.24) is 4.57 Å². The van der Waals surface area contributed by atoms with Gasteiger partial charge < -0.3 is 8.98 Å². The lowest BCUT2D eigenvalue weighted by Gasteiger charge is -2.22. The predicted molar refractivity (Wildman–Crippen MR) is 222 cm³/mol. The van der Waals surface area contributed by atoms with Crippen LogP contribution in [0.5, 0.6) is 0 Å². The second-order valence-corrected chi connectivity index (χ2v) is 14.9. The maximum atomic E-state index is 6.55. The lowest BCUT2D eigenvalue weighted by molar-refractivity contribution is 0.653. The highest BCUT2D eigenvalue weighted by atomic mass is 16.3. The Bertz CT molecular complexity index is 3050. The normalized spacial score (nSPS) is 13.2. The van der Waals surface area contributed by atoms with Crippen LogP contribution in [0.25, 0.3) is 93.9 Å². The third-order valence-electron chi connectivity index (χ3n) is 11.6. The van der Waals surface area contributed by atoms with Gasteiger partial charge in [0.25, 0.3) is 0 Å². The summed E-state index contributed by atoms with van der Waals surface area (Å²) in [5, 5.41) is 4.85. The molecule has 1 aliphatic rings. The SMILES string of the molecule is CC1(C)c2cc(-c3ccc4c5cc(-c6ccc(-c7ccccc7)cc6)ccc5n(-c5ccccc5)c4c3)ccc2-c2c1ccc1c2oc2ccccc21. The monoisotopic (exact) mass is 677 g/mol. The number of furan rings is 1. The maximum absolute atomic E-state index is 6.55. The van der Waals surface area contributed by atoms with Crippen LogP contribution in [0.2, 0.25) is 0 Å². The van der Waals surface area contributed by atoms with Crippen LogP contribution >= 0.6 is 0 Å². The van der Waals surface area contributed by atoms with Gasteiger partial charge in [0.2, 0.25) is 0 Å². The molecule has 0 unspecified atom stereocenters. The van der Waals surface area contributed by atoms with Crippen LogP contribution in [0.15, 0.2) is 180 Å². The summed E-state index contributed by atoms with van der Waals surface area (Å²) in [5.74, 6) is 0. The van der Waals surface area contributed by atoms with Crippen molar-refractivity contribution in [3.05, 3.63) is 187 Å². The molecule has 2 heterocycles. The molecule has 2 nitrogen and oxygen atoms in total. The highest BCUT2D eigenvalue weighted by Crippen LogP contribution is 2.53. The molecule has 11 rings (SSSR count). The molecule has 0 radical (unpaired) electrons. The Labute approximate surface area is 308 Å². The van der Waals surface area contributed by atoms with E-state index in [4.69, 9.17) is 4.42 Å². The van der Waals surface area contributed by atoms with Crippen molar-refractivity contribution < 1.29 is 4.42 Å². The minimum atomic E-state index is -0.160. The summed E-state index contributed by atoms with van der Waals surface area (Å²) in [6.45, 7) is 4.69.